The molecule has 0 aromatic heterocycles. The second-order valence-electron chi connectivity index (χ2n) is 7.09. The van der Waals surface area contributed by atoms with Gasteiger partial charge in [-0.3, -0.25) is 4.79 Å². The molecular weight excluding hydrogens is 411 g/mol. The second kappa shape index (κ2) is 9.01. The van der Waals surface area contributed by atoms with E-state index in [-0.39, 0.29) is 29.6 Å². The Morgan fingerprint density at radius 3 is 2.47 bits per heavy atom. The summed E-state index contributed by atoms with van der Waals surface area (Å²) in [5.74, 6) is -0.594. The number of anilines is 1. The van der Waals surface area contributed by atoms with E-state index in [1.54, 1.807) is 38.4 Å². The van der Waals surface area contributed by atoms with Gasteiger partial charge < -0.3 is 14.4 Å². The molecule has 1 aliphatic rings. The third-order valence-electron chi connectivity index (χ3n) is 5.27. The van der Waals surface area contributed by atoms with E-state index in [9.17, 15) is 17.6 Å². The minimum atomic E-state index is -4.01. The van der Waals surface area contributed by atoms with Crippen molar-refractivity contribution in [2.24, 2.45) is 5.92 Å². The summed E-state index contributed by atoms with van der Waals surface area (Å²) in [7, 11) is 0.544. The van der Waals surface area contributed by atoms with E-state index in [4.69, 9.17) is 9.47 Å². The normalized spacial score (nSPS) is 17.4. The van der Waals surface area contributed by atoms with Gasteiger partial charge in [0.2, 0.25) is 15.9 Å². The topological polar surface area (TPSA) is 76.2 Å². The van der Waals surface area contributed by atoms with E-state index in [1.807, 2.05) is 0 Å². The Morgan fingerprint density at radius 1 is 1.13 bits per heavy atom. The molecule has 0 bridgehead atoms. The molecule has 1 unspecified atom stereocenters. The average molecular weight is 437 g/mol. The molecule has 30 heavy (non-hydrogen) atoms. The van der Waals surface area contributed by atoms with E-state index >= 15 is 0 Å². The molecule has 1 fully saturated rings. The van der Waals surface area contributed by atoms with Crippen molar-refractivity contribution in [1.82, 2.24) is 4.31 Å². The van der Waals surface area contributed by atoms with E-state index < -0.39 is 21.8 Å². The molecule has 0 saturated carbocycles. The fraction of sp³-hybridized carbons (Fsp3) is 0.381. The zero-order valence-corrected chi connectivity index (χ0v) is 18.0. The number of nitrogens with zero attached hydrogens (tertiary/aromatic N) is 2. The molecule has 1 atom stereocenters. The van der Waals surface area contributed by atoms with E-state index in [1.165, 1.54) is 22.4 Å². The number of piperidine rings is 1. The molecular formula is C21H25FN2O5S. The summed E-state index contributed by atoms with van der Waals surface area (Å²) in [4.78, 5) is 14.3. The van der Waals surface area contributed by atoms with Crippen LogP contribution >= 0.6 is 0 Å². The van der Waals surface area contributed by atoms with Crippen LogP contribution in [0.1, 0.15) is 12.8 Å². The number of ether oxygens (including phenoxy) is 2. The first kappa shape index (κ1) is 22.0. The summed E-state index contributed by atoms with van der Waals surface area (Å²) in [5.41, 5.74) is 0.688. The average Bonchev–Trinajstić information content (AvgIpc) is 2.78. The number of hydrogen-bond acceptors (Lipinski definition) is 5. The summed E-state index contributed by atoms with van der Waals surface area (Å²) >= 11 is 0. The summed E-state index contributed by atoms with van der Waals surface area (Å²) in [6.45, 7) is 0.291. The minimum absolute atomic E-state index is 0.0291. The maximum Gasteiger partial charge on any atom is 0.246 e. The predicted molar refractivity (Wildman–Crippen MR) is 111 cm³/mol. The zero-order chi connectivity index (χ0) is 21.9. The van der Waals surface area contributed by atoms with Gasteiger partial charge in [0.25, 0.3) is 0 Å². The number of amides is 1. The van der Waals surface area contributed by atoms with Crippen molar-refractivity contribution >= 4 is 21.6 Å². The lowest BCUT2D eigenvalue weighted by Crippen LogP contribution is -2.46. The lowest BCUT2D eigenvalue weighted by molar-refractivity contribution is -0.123. The van der Waals surface area contributed by atoms with E-state index in [2.05, 4.69) is 0 Å². The quantitative estimate of drug-likeness (QED) is 0.696. The summed E-state index contributed by atoms with van der Waals surface area (Å²) in [6, 6.07) is 10.4. The molecule has 2 aromatic carbocycles. The molecule has 3 rings (SSSR count). The van der Waals surface area contributed by atoms with Crippen LogP contribution in [0.25, 0.3) is 0 Å². The Labute approximate surface area is 176 Å². The van der Waals surface area contributed by atoms with Gasteiger partial charge in [-0.15, -0.1) is 0 Å². The fourth-order valence-electron chi connectivity index (χ4n) is 3.56. The monoisotopic (exact) mass is 436 g/mol. The fourth-order valence-corrected chi connectivity index (χ4v) is 5.25. The molecule has 1 amide bonds. The number of sulfonamides is 1. The Kier molecular flexibility index (Phi) is 6.62. The van der Waals surface area contributed by atoms with Crippen LogP contribution < -0.4 is 14.4 Å². The van der Waals surface area contributed by atoms with Crippen molar-refractivity contribution in [2.45, 2.75) is 17.7 Å². The predicted octanol–water partition coefficient (Wildman–Crippen LogP) is 2.91. The Bertz CT molecular complexity index is 1010. The number of methoxy groups -OCH3 is 2. The third kappa shape index (κ3) is 4.41. The minimum Gasteiger partial charge on any atom is -0.497 e. The molecule has 0 spiro atoms. The van der Waals surface area contributed by atoms with Gasteiger partial charge in [0.05, 0.1) is 20.1 Å². The molecule has 1 aliphatic heterocycles. The van der Waals surface area contributed by atoms with Crippen LogP contribution in [0.2, 0.25) is 0 Å². The van der Waals surface area contributed by atoms with Crippen LogP contribution in [0, 0.1) is 11.7 Å². The molecule has 0 radical (unpaired) electrons. The van der Waals surface area contributed by atoms with Gasteiger partial charge in [-0.05, 0) is 55.3 Å². The standard InChI is InChI=1S/C21H25FN2O5S/c1-23(17-7-9-18(28-2)10-8-17)21(25)15-5-4-12-24(14-15)30(26,27)20-13-16(22)6-11-19(20)29-3/h6-11,13,15H,4-5,12,14H2,1-3H3. The van der Waals surface area contributed by atoms with Crippen LogP contribution in [0.3, 0.4) is 0 Å². The number of carbonyl (C=O) groups excluding carboxylic acids is 1. The van der Waals surface area contributed by atoms with Crippen molar-refractivity contribution in [2.75, 3.05) is 39.3 Å². The van der Waals surface area contributed by atoms with Gasteiger partial charge in [0.1, 0.15) is 22.2 Å². The molecule has 0 N–H and O–H groups in total. The van der Waals surface area contributed by atoms with E-state index in [0.29, 0.717) is 24.3 Å². The van der Waals surface area contributed by atoms with Gasteiger partial charge in [-0.2, -0.15) is 4.31 Å². The van der Waals surface area contributed by atoms with Crippen LogP contribution in [0.15, 0.2) is 47.4 Å². The van der Waals surface area contributed by atoms with Crippen LogP contribution in [-0.4, -0.2) is 53.0 Å². The highest BCUT2D eigenvalue weighted by atomic mass is 32.2. The van der Waals surface area contributed by atoms with Crippen molar-refractivity contribution in [3.8, 4) is 11.5 Å². The first-order valence-corrected chi connectivity index (χ1v) is 11.0. The molecule has 9 heteroatoms. The first-order chi connectivity index (χ1) is 14.3. The highest BCUT2D eigenvalue weighted by Gasteiger charge is 2.36. The van der Waals surface area contributed by atoms with Gasteiger partial charge >= 0.3 is 0 Å². The first-order valence-electron chi connectivity index (χ1n) is 9.53. The van der Waals surface area contributed by atoms with E-state index in [0.717, 1.165) is 12.1 Å². The van der Waals surface area contributed by atoms with Crippen LogP contribution in [0.4, 0.5) is 10.1 Å². The van der Waals surface area contributed by atoms with Gasteiger partial charge in [0.15, 0.2) is 0 Å². The molecule has 0 aliphatic carbocycles. The summed E-state index contributed by atoms with van der Waals surface area (Å²) < 4.78 is 51.5. The van der Waals surface area contributed by atoms with Gasteiger partial charge in [0, 0.05) is 25.8 Å². The van der Waals surface area contributed by atoms with Crippen molar-refractivity contribution in [3.63, 3.8) is 0 Å². The lowest BCUT2D eigenvalue weighted by Gasteiger charge is -2.33. The van der Waals surface area contributed by atoms with Gasteiger partial charge in [-0.25, -0.2) is 12.8 Å². The second-order valence-corrected chi connectivity index (χ2v) is 9.00. The summed E-state index contributed by atoms with van der Waals surface area (Å²) in [6.07, 6.45) is 1.11. The van der Waals surface area contributed by atoms with Crippen LogP contribution in [0.5, 0.6) is 11.5 Å². The van der Waals surface area contributed by atoms with Gasteiger partial charge in [-0.1, -0.05) is 0 Å². The molecule has 1 heterocycles. The Balaban J connectivity index is 1.80. The summed E-state index contributed by atoms with van der Waals surface area (Å²) in [5, 5.41) is 0. The number of carbonyl (C=O) groups is 1. The van der Waals surface area contributed by atoms with Crippen LogP contribution in [-0.2, 0) is 14.8 Å². The maximum atomic E-state index is 13.7. The maximum absolute atomic E-state index is 13.7. The highest BCUT2D eigenvalue weighted by Crippen LogP contribution is 2.31. The molecule has 7 nitrogen and oxygen atoms in total. The highest BCUT2D eigenvalue weighted by molar-refractivity contribution is 7.89. The number of halogens is 1. The van der Waals surface area contributed by atoms with Crippen molar-refractivity contribution < 1.29 is 27.1 Å². The smallest absolute Gasteiger partial charge is 0.246 e. The largest absolute Gasteiger partial charge is 0.497 e. The molecule has 2 aromatic rings. The van der Waals surface area contributed by atoms with Crippen molar-refractivity contribution in [1.29, 1.82) is 0 Å². The Hall–Kier alpha value is -2.65. The Morgan fingerprint density at radius 2 is 1.83 bits per heavy atom. The van der Waals surface area contributed by atoms with Crippen molar-refractivity contribution in [3.05, 3.63) is 48.3 Å². The molecule has 162 valence electrons. The SMILES string of the molecule is COc1ccc(N(C)C(=O)C2CCCN(S(=O)(=O)c3cc(F)ccc3OC)C2)cc1. The number of rotatable bonds is 6. The number of benzene rings is 2. The lowest BCUT2D eigenvalue weighted by atomic mass is 9.98. The zero-order valence-electron chi connectivity index (χ0n) is 17.2. The third-order valence-corrected chi connectivity index (χ3v) is 7.15. The molecule has 1 saturated heterocycles. The number of hydrogen-bond donors (Lipinski definition) is 0.